The second-order valence-corrected chi connectivity index (χ2v) is 11.7. The fraction of sp³-hybridized carbons (Fsp3) is 0.500. The maximum absolute atomic E-state index is 13.0. The second-order valence-electron chi connectivity index (χ2n) is 11.3. The van der Waals surface area contributed by atoms with E-state index in [1.165, 1.54) is 4.57 Å². The highest BCUT2D eigenvalue weighted by Crippen LogP contribution is 2.15. The van der Waals surface area contributed by atoms with E-state index in [2.05, 4.69) is 20.8 Å². The summed E-state index contributed by atoms with van der Waals surface area (Å²) in [5.74, 6) is -1.10. The quantitative estimate of drug-likeness (QED) is 0.154. The van der Waals surface area contributed by atoms with Crippen molar-refractivity contribution in [2.75, 3.05) is 25.0 Å². The number of ether oxygens (including phenoxy) is 2. The molecule has 0 radical (unpaired) electrons. The molecule has 4 N–H and O–H groups in total. The largest absolute Gasteiger partial charge is 0.443 e. The number of aromatic nitrogens is 2. The highest BCUT2D eigenvalue weighted by Gasteiger charge is 2.34. The Morgan fingerprint density at radius 2 is 1.60 bits per heavy atom. The molecular weight excluding hydrogens is 582 g/mol. The molecule has 1 aromatic carbocycles. The van der Waals surface area contributed by atoms with Crippen molar-refractivity contribution in [3.8, 4) is 0 Å². The summed E-state index contributed by atoms with van der Waals surface area (Å²) in [6.45, 7) is 11.2. The van der Waals surface area contributed by atoms with Crippen LogP contribution in [0.5, 0.6) is 0 Å². The van der Waals surface area contributed by atoms with Crippen LogP contribution >= 0.6 is 11.6 Å². The fourth-order valence-electron chi connectivity index (χ4n) is 3.36. The Balaban J connectivity index is 1.97. The van der Waals surface area contributed by atoms with E-state index in [4.69, 9.17) is 31.6 Å². The number of halogens is 1. The molecule has 0 saturated carbocycles. The number of nitrogens with one attached hydrogen (secondary N) is 2. The normalized spacial score (nSPS) is 11.9. The van der Waals surface area contributed by atoms with Crippen LogP contribution in [0.4, 0.5) is 15.4 Å². The zero-order valence-electron chi connectivity index (χ0n) is 25.5. The van der Waals surface area contributed by atoms with Gasteiger partial charge in [-0.2, -0.15) is 0 Å². The lowest BCUT2D eigenvalue weighted by Gasteiger charge is -2.27. The van der Waals surface area contributed by atoms with Gasteiger partial charge in [0.1, 0.15) is 24.4 Å². The van der Waals surface area contributed by atoms with Crippen molar-refractivity contribution in [2.45, 2.75) is 72.6 Å². The summed E-state index contributed by atoms with van der Waals surface area (Å²) in [6, 6.07) is 9.72. The van der Waals surface area contributed by atoms with Gasteiger partial charge in [-0.05, 0) is 65.6 Å². The van der Waals surface area contributed by atoms with Crippen molar-refractivity contribution in [1.82, 2.24) is 19.8 Å². The van der Waals surface area contributed by atoms with Gasteiger partial charge in [0.15, 0.2) is 11.0 Å². The molecule has 0 fully saturated rings. The lowest BCUT2D eigenvalue weighted by Crippen LogP contribution is -2.50. The number of oxime groups is 1. The molecule has 0 aliphatic rings. The Bertz CT molecular complexity index is 1340. The van der Waals surface area contributed by atoms with E-state index in [1.807, 2.05) is 30.3 Å². The molecule has 15 heteroatoms. The van der Waals surface area contributed by atoms with Gasteiger partial charge in [0.25, 0.3) is 11.5 Å². The molecule has 43 heavy (non-hydrogen) atoms. The van der Waals surface area contributed by atoms with E-state index in [1.54, 1.807) is 48.5 Å². The maximum atomic E-state index is 13.0. The first kappa shape index (κ1) is 34.9. The smallest absolute Gasteiger partial charge is 0.427 e. The molecule has 0 aliphatic carbocycles. The number of hydrogen-bond donors (Lipinski definition) is 3. The molecule has 0 saturated heterocycles. The van der Waals surface area contributed by atoms with Gasteiger partial charge < -0.3 is 30.7 Å². The summed E-state index contributed by atoms with van der Waals surface area (Å²) < 4.78 is 11.6. The average molecular weight is 622 g/mol. The molecule has 14 nitrogen and oxygen atoms in total. The molecule has 1 heterocycles. The van der Waals surface area contributed by atoms with Crippen LogP contribution < -0.4 is 21.9 Å². The molecule has 0 atom stereocenters. The Morgan fingerprint density at radius 3 is 2.16 bits per heavy atom. The molecule has 1 aromatic heterocycles. The fourth-order valence-corrected chi connectivity index (χ4v) is 3.55. The van der Waals surface area contributed by atoms with Gasteiger partial charge in [0.05, 0.1) is 12.2 Å². The van der Waals surface area contributed by atoms with E-state index >= 15 is 0 Å². The van der Waals surface area contributed by atoms with Crippen LogP contribution in [0.25, 0.3) is 0 Å². The number of carbonyl (C=O) groups excluding carboxylic acids is 3. The van der Waals surface area contributed by atoms with E-state index in [0.29, 0.717) is 23.6 Å². The van der Waals surface area contributed by atoms with Crippen LogP contribution in [0.2, 0.25) is 5.15 Å². The summed E-state index contributed by atoms with van der Waals surface area (Å²) in [5.41, 5.74) is 4.89. The molecule has 0 unspecified atom stereocenters. The van der Waals surface area contributed by atoms with E-state index in [-0.39, 0.29) is 30.7 Å². The van der Waals surface area contributed by atoms with Gasteiger partial charge in [-0.25, -0.2) is 14.6 Å². The van der Waals surface area contributed by atoms with Gasteiger partial charge >= 0.3 is 12.2 Å². The van der Waals surface area contributed by atoms with Gasteiger partial charge in [-0.1, -0.05) is 41.9 Å². The van der Waals surface area contributed by atoms with Crippen LogP contribution in [0.3, 0.4) is 0 Å². The van der Waals surface area contributed by atoms with Crippen LogP contribution in [0, 0.1) is 6.92 Å². The zero-order valence-corrected chi connectivity index (χ0v) is 26.3. The van der Waals surface area contributed by atoms with Crippen molar-refractivity contribution in [1.29, 1.82) is 0 Å². The molecule has 236 valence electrons. The summed E-state index contributed by atoms with van der Waals surface area (Å²) in [6.07, 6.45) is -1.55. The van der Waals surface area contributed by atoms with Crippen molar-refractivity contribution in [3.05, 3.63) is 57.1 Å². The van der Waals surface area contributed by atoms with Gasteiger partial charge in [-0.15, -0.1) is 4.90 Å². The lowest BCUT2D eigenvalue weighted by atomic mass is 10.1. The zero-order chi connectivity index (χ0) is 32.4. The van der Waals surface area contributed by atoms with Gasteiger partial charge in [0, 0.05) is 6.54 Å². The predicted molar refractivity (Wildman–Crippen MR) is 162 cm³/mol. The number of imide groups is 1. The van der Waals surface area contributed by atoms with Crippen LogP contribution in [-0.4, -0.2) is 69.4 Å². The lowest BCUT2D eigenvalue weighted by molar-refractivity contribution is -0.122. The number of anilines is 1. The number of nitrogens with zero attached hydrogens (tertiary/aromatic N) is 4. The Hall–Kier alpha value is -4.33. The number of rotatable bonds is 10. The molecule has 0 spiro atoms. The first-order valence-corrected chi connectivity index (χ1v) is 13.9. The van der Waals surface area contributed by atoms with E-state index in [0.717, 1.165) is 5.56 Å². The summed E-state index contributed by atoms with van der Waals surface area (Å²) >= 11 is 6.23. The predicted octanol–water partition coefficient (Wildman–Crippen LogP) is 3.39. The number of guanidine groups is 1. The van der Waals surface area contributed by atoms with Crippen molar-refractivity contribution >= 4 is 41.5 Å². The molecule has 2 aromatic rings. The monoisotopic (exact) mass is 621 g/mol. The van der Waals surface area contributed by atoms with Crippen molar-refractivity contribution in [2.24, 2.45) is 10.9 Å². The summed E-state index contributed by atoms with van der Waals surface area (Å²) in [5, 5.41) is 9.24. The molecule has 2 rings (SSSR count). The minimum atomic E-state index is -1.11. The third-order valence-corrected chi connectivity index (χ3v) is 5.62. The highest BCUT2D eigenvalue weighted by molar-refractivity contribution is 6.30. The van der Waals surface area contributed by atoms with Crippen molar-refractivity contribution < 1.29 is 28.7 Å². The summed E-state index contributed by atoms with van der Waals surface area (Å²) in [4.78, 5) is 60.4. The van der Waals surface area contributed by atoms with Crippen LogP contribution in [0.15, 0.2) is 40.3 Å². The summed E-state index contributed by atoms with van der Waals surface area (Å²) in [7, 11) is 0. The van der Waals surface area contributed by atoms with E-state index < -0.39 is 40.8 Å². The minimum absolute atomic E-state index is 0.0343. The van der Waals surface area contributed by atoms with Crippen LogP contribution in [0.1, 0.15) is 52.8 Å². The first-order valence-electron chi connectivity index (χ1n) is 13.5. The molecular formula is C28H40ClN7O7. The number of amides is 3. The molecule has 0 bridgehead atoms. The third-order valence-electron chi connectivity index (χ3n) is 5.27. The topological polar surface area (TPSA) is 179 Å². The standard InChI is InChI=1S/C28H40ClN7O7/c1-18-21(29)33-22(32-14-13-19-11-9-8-10-12-19)23(38)35(18)17-20(37)31-15-16-41-34-24(30)36(25(39)42-27(2,3)4)26(40)43-28(5,6)7/h8-12H,13-17H2,1-7H3,(H2,30,34)(H,31,37)(H,32,33). The number of nitrogens with two attached hydrogens (primary N) is 1. The first-order chi connectivity index (χ1) is 20.0. The minimum Gasteiger partial charge on any atom is -0.443 e. The van der Waals surface area contributed by atoms with E-state index in [9.17, 15) is 19.2 Å². The Labute approximate surface area is 255 Å². The maximum Gasteiger partial charge on any atom is 0.427 e. The highest BCUT2D eigenvalue weighted by atomic mass is 35.5. The van der Waals surface area contributed by atoms with Gasteiger partial charge in [-0.3, -0.25) is 14.2 Å². The number of hydrogen-bond acceptors (Lipinski definition) is 10. The Kier molecular flexibility index (Phi) is 12.4. The molecule has 0 aliphatic heterocycles. The number of benzene rings is 1. The van der Waals surface area contributed by atoms with Crippen molar-refractivity contribution in [3.63, 3.8) is 0 Å². The SMILES string of the molecule is Cc1c(Cl)nc(NCCc2ccccc2)c(=O)n1CC(=O)NCCON=C(N)N(C(=O)OC(C)(C)C)C(=O)OC(C)(C)C. The van der Waals surface area contributed by atoms with Crippen LogP contribution in [-0.2, 0) is 32.1 Å². The molecule has 3 amide bonds. The number of carbonyl (C=O) groups is 3. The Morgan fingerprint density at radius 1 is 1.02 bits per heavy atom. The average Bonchev–Trinajstić information content (AvgIpc) is 2.88. The third kappa shape index (κ3) is 11.8. The van der Waals surface area contributed by atoms with Gasteiger partial charge in [0.2, 0.25) is 5.91 Å². The second kappa shape index (κ2) is 15.2.